The van der Waals surface area contributed by atoms with Crippen LogP contribution in [0.15, 0.2) is 11.4 Å². The number of aliphatic carboxylic acids is 1. The number of likely N-dealkylation sites (N-methyl/N-ethyl adjacent to an activating group) is 1. The Morgan fingerprint density at radius 3 is 2.79 bits per heavy atom. The quantitative estimate of drug-likeness (QED) is 0.813. The fourth-order valence-corrected chi connectivity index (χ4v) is 2.19. The van der Waals surface area contributed by atoms with Gasteiger partial charge in [0, 0.05) is 11.4 Å². The van der Waals surface area contributed by atoms with E-state index in [9.17, 15) is 4.79 Å². The van der Waals surface area contributed by atoms with Crippen LogP contribution in [0.5, 0.6) is 0 Å². The largest absolute Gasteiger partial charge is 0.480 e. The molecule has 78 valence electrons. The molecule has 0 saturated carbocycles. The minimum absolute atomic E-state index is 0.119. The predicted molar refractivity (Wildman–Crippen MR) is 57.6 cm³/mol. The summed E-state index contributed by atoms with van der Waals surface area (Å²) in [6.45, 7) is 5.66. The standard InChI is InChI=1S/C10H15NO2S/c1-3-11(7-10(12)13)6-9-8(2)4-5-14-9/h4-5H,3,6-7H2,1-2H3,(H,12,13). The van der Waals surface area contributed by atoms with E-state index in [-0.39, 0.29) is 6.54 Å². The average molecular weight is 213 g/mol. The highest BCUT2D eigenvalue weighted by molar-refractivity contribution is 7.10. The Kier molecular flexibility index (Phi) is 4.10. The zero-order valence-corrected chi connectivity index (χ0v) is 9.30. The monoisotopic (exact) mass is 213 g/mol. The van der Waals surface area contributed by atoms with Crippen molar-refractivity contribution < 1.29 is 9.90 Å². The zero-order chi connectivity index (χ0) is 10.6. The number of hydrogen-bond acceptors (Lipinski definition) is 3. The molecular weight excluding hydrogens is 198 g/mol. The summed E-state index contributed by atoms with van der Waals surface area (Å²) in [4.78, 5) is 13.7. The van der Waals surface area contributed by atoms with Crippen LogP contribution in [0.4, 0.5) is 0 Å². The fraction of sp³-hybridized carbons (Fsp3) is 0.500. The van der Waals surface area contributed by atoms with Crippen molar-refractivity contribution in [3.05, 3.63) is 21.9 Å². The lowest BCUT2D eigenvalue weighted by Crippen LogP contribution is -2.28. The van der Waals surface area contributed by atoms with Gasteiger partial charge in [0.25, 0.3) is 0 Å². The minimum Gasteiger partial charge on any atom is -0.480 e. The number of rotatable bonds is 5. The van der Waals surface area contributed by atoms with Crippen LogP contribution in [0.25, 0.3) is 0 Å². The Bertz CT molecular complexity index is 309. The fourth-order valence-electron chi connectivity index (χ4n) is 1.24. The van der Waals surface area contributed by atoms with Gasteiger partial charge in [-0.2, -0.15) is 0 Å². The second kappa shape index (κ2) is 5.12. The molecule has 1 N–H and O–H groups in total. The molecule has 3 nitrogen and oxygen atoms in total. The van der Waals surface area contributed by atoms with Gasteiger partial charge in [-0.05, 0) is 30.5 Å². The van der Waals surface area contributed by atoms with Gasteiger partial charge in [-0.15, -0.1) is 11.3 Å². The van der Waals surface area contributed by atoms with E-state index in [2.05, 4.69) is 13.0 Å². The molecule has 14 heavy (non-hydrogen) atoms. The van der Waals surface area contributed by atoms with E-state index in [1.54, 1.807) is 11.3 Å². The summed E-state index contributed by atoms with van der Waals surface area (Å²) in [5.74, 6) is -0.763. The molecule has 0 radical (unpaired) electrons. The van der Waals surface area contributed by atoms with Gasteiger partial charge in [-0.3, -0.25) is 9.69 Å². The van der Waals surface area contributed by atoms with E-state index in [0.717, 1.165) is 13.1 Å². The number of thiophene rings is 1. The highest BCUT2D eigenvalue weighted by Gasteiger charge is 2.09. The number of carboxylic acid groups (broad SMARTS) is 1. The van der Waals surface area contributed by atoms with Gasteiger partial charge in [0.15, 0.2) is 0 Å². The summed E-state index contributed by atoms with van der Waals surface area (Å²) in [5, 5.41) is 10.7. The third kappa shape index (κ3) is 3.12. The SMILES string of the molecule is CCN(CC(=O)O)Cc1sccc1C. The second-order valence-corrected chi connectivity index (χ2v) is 4.22. The van der Waals surface area contributed by atoms with E-state index < -0.39 is 5.97 Å². The number of aryl methyl sites for hydroxylation is 1. The molecule has 0 saturated heterocycles. The Morgan fingerprint density at radius 1 is 1.64 bits per heavy atom. The highest BCUT2D eigenvalue weighted by atomic mass is 32.1. The summed E-state index contributed by atoms with van der Waals surface area (Å²) in [5.41, 5.74) is 1.25. The van der Waals surface area contributed by atoms with Crippen LogP contribution in [-0.2, 0) is 11.3 Å². The first-order valence-corrected chi connectivity index (χ1v) is 5.48. The second-order valence-electron chi connectivity index (χ2n) is 3.22. The number of hydrogen-bond donors (Lipinski definition) is 1. The van der Waals surface area contributed by atoms with Crippen molar-refractivity contribution in [3.8, 4) is 0 Å². The van der Waals surface area contributed by atoms with E-state index in [0.29, 0.717) is 0 Å². The molecule has 0 unspecified atom stereocenters. The van der Waals surface area contributed by atoms with Crippen molar-refractivity contribution in [3.63, 3.8) is 0 Å². The van der Waals surface area contributed by atoms with E-state index in [4.69, 9.17) is 5.11 Å². The van der Waals surface area contributed by atoms with Crippen LogP contribution >= 0.6 is 11.3 Å². The lowest BCUT2D eigenvalue weighted by molar-refractivity contribution is -0.138. The van der Waals surface area contributed by atoms with Gasteiger partial charge in [0.2, 0.25) is 0 Å². The number of carbonyl (C=O) groups is 1. The molecular formula is C10H15NO2S. The minimum atomic E-state index is -0.763. The van der Waals surface area contributed by atoms with Crippen LogP contribution < -0.4 is 0 Å². The van der Waals surface area contributed by atoms with Crippen LogP contribution in [-0.4, -0.2) is 29.1 Å². The van der Waals surface area contributed by atoms with Crippen molar-refractivity contribution in [2.45, 2.75) is 20.4 Å². The molecule has 0 aromatic carbocycles. The van der Waals surface area contributed by atoms with Crippen LogP contribution in [0.3, 0.4) is 0 Å². The van der Waals surface area contributed by atoms with Crippen LogP contribution in [0.1, 0.15) is 17.4 Å². The van der Waals surface area contributed by atoms with Crippen LogP contribution in [0.2, 0.25) is 0 Å². The Balaban J connectivity index is 2.57. The highest BCUT2D eigenvalue weighted by Crippen LogP contribution is 2.17. The molecule has 0 bridgehead atoms. The number of nitrogens with zero attached hydrogens (tertiary/aromatic N) is 1. The van der Waals surface area contributed by atoms with Crippen LogP contribution in [0, 0.1) is 6.92 Å². The third-order valence-corrected chi connectivity index (χ3v) is 3.15. The summed E-state index contributed by atoms with van der Waals surface area (Å²) in [6.07, 6.45) is 0. The topological polar surface area (TPSA) is 40.5 Å². The molecule has 1 aromatic rings. The Hall–Kier alpha value is -0.870. The van der Waals surface area contributed by atoms with Crippen molar-refractivity contribution in [2.75, 3.05) is 13.1 Å². The smallest absolute Gasteiger partial charge is 0.317 e. The zero-order valence-electron chi connectivity index (χ0n) is 8.49. The first-order valence-electron chi connectivity index (χ1n) is 4.60. The average Bonchev–Trinajstić information content (AvgIpc) is 2.50. The third-order valence-electron chi connectivity index (χ3n) is 2.14. The summed E-state index contributed by atoms with van der Waals surface area (Å²) >= 11 is 1.69. The molecule has 0 aliphatic rings. The number of carboxylic acids is 1. The van der Waals surface area contributed by atoms with Crippen molar-refractivity contribution >= 4 is 17.3 Å². The summed E-state index contributed by atoms with van der Waals surface area (Å²) in [7, 11) is 0. The van der Waals surface area contributed by atoms with Gasteiger partial charge in [-0.25, -0.2) is 0 Å². The maximum atomic E-state index is 10.5. The summed E-state index contributed by atoms with van der Waals surface area (Å²) < 4.78 is 0. The predicted octanol–water partition coefficient (Wildman–Crippen LogP) is 1.96. The van der Waals surface area contributed by atoms with E-state index in [1.807, 2.05) is 17.2 Å². The molecule has 0 aliphatic carbocycles. The molecule has 1 heterocycles. The normalized spacial score (nSPS) is 10.8. The van der Waals surface area contributed by atoms with Crippen molar-refractivity contribution in [1.29, 1.82) is 0 Å². The lowest BCUT2D eigenvalue weighted by atomic mass is 10.3. The van der Waals surface area contributed by atoms with E-state index in [1.165, 1.54) is 10.4 Å². The van der Waals surface area contributed by atoms with Crippen molar-refractivity contribution in [2.24, 2.45) is 0 Å². The van der Waals surface area contributed by atoms with Gasteiger partial charge >= 0.3 is 5.97 Å². The molecule has 0 fully saturated rings. The molecule has 0 aliphatic heterocycles. The first-order chi connectivity index (χ1) is 6.63. The summed E-state index contributed by atoms with van der Waals surface area (Å²) in [6, 6.07) is 2.06. The first kappa shape index (κ1) is 11.2. The van der Waals surface area contributed by atoms with Gasteiger partial charge in [0.05, 0.1) is 6.54 Å². The van der Waals surface area contributed by atoms with E-state index >= 15 is 0 Å². The van der Waals surface area contributed by atoms with Gasteiger partial charge < -0.3 is 5.11 Å². The maximum Gasteiger partial charge on any atom is 0.317 e. The Labute approximate surface area is 88.0 Å². The van der Waals surface area contributed by atoms with Gasteiger partial charge in [-0.1, -0.05) is 6.92 Å². The molecule has 0 amide bonds. The Morgan fingerprint density at radius 2 is 2.36 bits per heavy atom. The molecule has 0 atom stereocenters. The van der Waals surface area contributed by atoms with Crippen molar-refractivity contribution in [1.82, 2.24) is 4.90 Å². The molecule has 1 rings (SSSR count). The molecule has 0 spiro atoms. The lowest BCUT2D eigenvalue weighted by Gasteiger charge is -2.17. The maximum absolute atomic E-state index is 10.5. The molecule has 4 heteroatoms. The van der Waals surface area contributed by atoms with Gasteiger partial charge in [0.1, 0.15) is 0 Å². The molecule has 1 aromatic heterocycles.